The lowest BCUT2D eigenvalue weighted by molar-refractivity contribution is -0.138. The molecule has 0 bridgehead atoms. The molecule has 1 aromatic heterocycles. The second kappa shape index (κ2) is 13.2. The van der Waals surface area contributed by atoms with Crippen molar-refractivity contribution in [1.82, 2.24) is 5.32 Å². The third-order valence-electron chi connectivity index (χ3n) is 5.36. The Labute approximate surface area is 201 Å². The van der Waals surface area contributed by atoms with Crippen molar-refractivity contribution in [3.8, 4) is 10.4 Å². The molecule has 0 aliphatic carbocycles. The first-order chi connectivity index (χ1) is 16.2. The number of carbonyl (C=O) groups is 5. The average Bonchev–Trinajstić information content (AvgIpc) is 3.32. The summed E-state index contributed by atoms with van der Waals surface area (Å²) in [6.07, 6.45) is -0.303. The second-order valence-corrected chi connectivity index (χ2v) is 8.95. The predicted molar refractivity (Wildman–Crippen MR) is 128 cm³/mol. The summed E-state index contributed by atoms with van der Waals surface area (Å²) >= 11 is 1.64. The van der Waals surface area contributed by atoms with E-state index in [1.165, 1.54) is 0 Å². The number of ketones is 1. The molecule has 1 heterocycles. The lowest BCUT2D eigenvalue weighted by Crippen LogP contribution is -2.43. The van der Waals surface area contributed by atoms with E-state index >= 15 is 0 Å². The van der Waals surface area contributed by atoms with Gasteiger partial charge in [-0.05, 0) is 41.8 Å². The van der Waals surface area contributed by atoms with Crippen LogP contribution in [0.15, 0.2) is 41.8 Å². The molecule has 182 valence electrons. The minimum atomic E-state index is -1.11. The molecule has 34 heavy (non-hydrogen) atoms. The van der Waals surface area contributed by atoms with Gasteiger partial charge in [0.2, 0.25) is 17.7 Å². The third-order valence-corrected chi connectivity index (χ3v) is 6.28. The Morgan fingerprint density at radius 1 is 0.941 bits per heavy atom. The van der Waals surface area contributed by atoms with Crippen molar-refractivity contribution in [3.63, 3.8) is 0 Å². The number of amides is 3. The zero-order valence-corrected chi connectivity index (χ0v) is 19.5. The maximum Gasteiger partial charge on any atom is 0.303 e. The van der Waals surface area contributed by atoms with Gasteiger partial charge in [-0.1, -0.05) is 30.3 Å². The molecule has 6 N–H and O–H groups in total. The van der Waals surface area contributed by atoms with E-state index in [1.807, 2.05) is 41.8 Å². The Balaban J connectivity index is 1.95. The van der Waals surface area contributed by atoms with E-state index in [4.69, 9.17) is 16.6 Å². The van der Waals surface area contributed by atoms with E-state index in [2.05, 4.69) is 5.32 Å². The van der Waals surface area contributed by atoms with Crippen molar-refractivity contribution in [2.45, 2.75) is 51.0 Å². The fourth-order valence-electron chi connectivity index (χ4n) is 3.43. The first-order valence-corrected chi connectivity index (χ1v) is 11.8. The van der Waals surface area contributed by atoms with Crippen LogP contribution in [0.5, 0.6) is 0 Å². The van der Waals surface area contributed by atoms with Crippen molar-refractivity contribution in [2.75, 3.05) is 0 Å². The fourth-order valence-corrected chi connectivity index (χ4v) is 4.16. The Morgan fingerprint density at radius 3 is 2.21 bits per heavy atom. The molecule has 0 spiro atoms. The summed E-state index contributed by atoms with van der Waals surface area (Å²) in [6, 6.07) is 10.8. The summed E-state index contributed by atoms with van der Waals surface area (Å²) in [5, 5.41) is 13.6. The van der Waals surface area contributed by atoms with Gasteiger partial charge in [0.1, 0.15) is 0 Å². The van der Waals surface area contributed by atoms with Crippen LogP contribution in [-0.4, -0.2) is 40.6 Å². The largest absolute Gasteiger partial charge is 0.481 e. The zero-order valence-electron chi connectivity index (χ0n) is 18.7. The van der Waals surface area contributed by atoms with Crippen LogP contribution < -0.4 is 16.8 Å². The standard InChI is InChI=1S/C24H29N3O6S/c25-21(29)10-8-17(24(26)33)14-19(28)18(9-12-23(31)32)27-22(30)11-5-15-3-6-16(7-4-15)20-2-1-13-34-20/h1-4,6-7,13,17-18H,5,8-12,14H2,(H2,25,29)(H2,26,33)(H,27,30)(H,31,32)/t17-,18+/m1/s1. The molecule has 0 fully saturated rings. The van der Waals surface area contributed by atoms with Crippen molar-refractivity contribution in [3.05, 3.63) is 47.3 Å². The minimum Gasteiger partial charge on any atom is -0.481 e. The number of primary amides is 2. The number of nitrogens with two attached hydrogens (primary N) is 2. The van der Waals surface area contributed by atoms with Crippen LogP contribution in [-0.2, 0) is 30.4 Å². The van der Waals surface area contributed by atoms with Gasteiger partial charge in [-0.15, -0.1) is 11.3 Å². The minimum absolute atomic E-state index is 0.0114. The van der Waals surface area contributed by atoms with E-state index in [9.17, 15) is 24.0 Å². The van der Waals surface area contributed by atoms with E-state index in [1.54, 1.807) is 11.3 Å². The van der Waals surface area contributed by atoms with Gasteiger partial charge in [-0.3, -0.25) is 24.0 Å². The maximum atomic E-state index is 12.7. The van der Waals surface area contributed by atoms with Gasteiger partial charge in [-0.2, -0.15) is 0 Å². The number of hydrogen-bond donors (Lipinski definition) is 4. The van der Waals surface area contributed by atoms with E-state index in [0.717, 1.165) is 16.0 Å². The van der Waals surface area contributed by atoms with Crippen LogP contribution >= 0.6 is 11.3 Å². The molecule has 0 radical (unpaired) electrons. The third kappa shape index (κ3) is 9.14. The average molecular weight is 488 g/mol. The van der Waals surface area contributed by atoms with Gasteiger partial charge in [0.05, 0.1) is 6.04 Å². The van der Waals surface area contributed by atoms with Crippen LogP contribution in [0.4, 0.5) is 0 Å². The van der Waals surface area contributed by atoms with Crippen LogP contribution in [0.2, 0.25) is 0 Å². The Hall–Kier alpha value is -3.53. The topological polar surface area (TPSA) is 170 Å². The maximum absolute atomic E-state index is 12.7. The highest BCUT2D eigenvalue weighted by Gasteiger charge is 2.27. The molecule has 0 saturated carbocycles. The van der Waals surface area contributed by atoms with Crippen molar-refractivity contribution in [2.24, 2.45) is 17.4 Å². The normalized spacial score (nSPS) is 12.5. The lowest BCUT2D eigenvalue weighted by Gasteiger charge is -2.20. The van der Waals surface area contributed by atoms with E-state index in [-0.39, 0.29) is 38.5 Å². The fraction of sp³-hybridized carbons (Fsp3) is 0.375. The van der Waals surface area contributed by atoms with Gasteiger partial charge in [-0.25, -0.2) is 0 Å². The van der Waals surface area contributed by atoms with Crippen LogP contribution in [0.3, 0.4) is 0 Å². The van der Waals surface area contributed by atoms with E-state index in [0.29, 0.717) is 6.42 Å². The van der Waals surface area contributed by atoms with Crippen LogP contribution in [0.25, 0.3) is 10.4 Å². The molecular weight excluding hydrogens is 458 g/mol. The molecule has 1 aromatic carbocycles. The molecule has 10 heteroatoms. The summed E-state index contributed by atoms with van der Waals surface area (Å²) in [5.41, 5.74) is 12.5. The van der Waals surface area contributed by atoms with Gasteiger partial charge >= 0.3 is 5.97 Å². The van der Waals surface area contributed by atoms with Gasteiger partial charge in [0, 0.05) is 36.5 Å². The number of nitrogens with one attached hydrogen (secondary N) is 1. The van der Waals surface area contributed by atoms with Crippen molar-refractivity contribution >= 4 is 40.8 Å². The number of carboxylic acids is 1. The summed E-state index contributed by atoms with van der Waals surface area (Å²) in [5.74, 6) is -4.34. The molecule has 0 saturated heterocycles. The lowest BCUT2D eigenvalue weighted by atomic mass is 9.92. The number of carboxylic acid groups (broad SMARTS) is 1. The molecule has 2 rings (SSSR count). The number of carbonyl (C=O) groups excluding carboxylic acids is 4. The smallest absolute Gasteiger partial charge is 0.303 e. The monoisotopic (exact) mass is 487 g/mol. The number of Topliss-reactive ketones (excluding diaryl/α,β-unsaturated/α-hetero) is 1. The number of aryl methyl sites for hydroxylation is 1. The predicted octanol–water partition coefficient (Wildman–Crippen LogP) is 2.02. The van der Waals surface area contributed by atoms with Crippen LogP contribution in [0.1, 0.15) is 44.1 Å². The molecule has 2 aromatic rings. The molecule has 0 aliphatic rings. The quantitative estimate of drug-likeness (QED) is 0.299. The van der Waals surface area contributed by atoms with E-state index < -0.39 is 41.4 Å². The molecule has 0 aliphatic heterocycles. The number of aliphatic carboxylic acids is 1. The van der Waals surface area contributed by atoms with Gasteiger partial charge in [0.15, 0.2) is 5.78 Å². The SMILES string of the molecule is NC(=O)CC[C@H](CC(=O)[C@H](CCC(=O)O)NC(=O)CCc1ccc(-c2cccs2)cc1)C(N)=O. The van der Waals surface area contributed by atoms with Crippen molar-refractivity contribution in [1.29, 1.82) is 0 Å². The Bertz CT molecular complexity index is 1000. The Morgan fingerprint density at radius 2 is 1.65 bits per heavy atom. The number of benzene rings is 1. The summed E-state index contributed by atoms with van der Waals surface area (Å²) in [6.45, 7) is 0. The van der Waals surface area contributed by atoms with Gasteiger partial charge in [0.25, 0.3) is 0 Å². The van der Waals surface area contributed by atoms with Crippen LogP contribution in [0, 0.1) is 5.92 Å². The van der Waals surface area contributed by atoms with Gasteiger partial charge < -0.3 is 21.9 Å². The molecule has 0 unspecified atom stereocenters. The summed E-state index contributed by atoms with van der Waals surface area (Å²) in [4.78, 5) is 60.0. The number of thiophene rings is 1. The molecule has 3 amide bonds. The highest BCUT2D eigenvalue weighted by Crippen LogP contribution is 2.25. The first-order valence-electron chi connectivity index (χ1n) is 10.9. The number of rotatable bonds is 15. The first kappa shape index (κ1) is 26.7. The summed E-state index contributed by atoms with van der Waals surface area (Å²) < 4.78 is 0. The Kier molecular flexibility index (Phi) is 10.4. The molecular formula is C24H29N3O6S. The summed E-state index contributed by atoms with van der Waals surface area (Å²) in [7, 11) is 0. The highest BCUT2D eigenvalue weighted by atomic mass is 32.1. The second-order valence-electron chi connectivity index (χ2n) is 8.00. The van der Waals surface area contributed by atoms with Crippen molar-refractivity contribution < 1.29 is 29.1 Å². The number of hydrogen-bond acceptors (Lipinski definition) is 6. The molecule has 2 atom stereocenters. The molecule has 9 nitrogen and oxygen atoms in total. The highest BCUT2D eigenvalue weighted by molar-refractivity contribution is 7.13. The zero-order chi connectivity index (χ0) is 25.1.